The van der Waals surface area contributed by atoms with Gasteiger partial charge in [0.25, 0.3) is 6.71 Å². The molecule has 0 unspecified atom stereocenters. The Morgan fingerprint density at radius 1 is 0.607 bits per heavy atom. The van der Waals surface area contributed by atoms with E-state index >= 15 is 0 Å². The fourth-order valence-corrected chi connectivity index (χ4v) is 8.33. The Labute approximate surface area is 353 Å². The molecule has 262 valence electrons. The minimum atomic E-state index is -1.73. The molecule has 0 saturated heterocycles. The standard InChI is InChI=1S/C49H31BN4O2/c1-49(2,3)28-18-21-42-34(24-28)46-48(56-42)50-35-13-9-16-38-47(35)54(37-15-8-12-33-30-10-4-6-14-36(30)53(38)45(33)37)40-23-27(26-51)22-39(44(40)50)52(46)29-19-20-32-31-11-5-7-17-41(31)55-43(32)25-29/h4-25H,1-3H3/i4D,5D,6D,7D,8D,9D,10D,11D,12D,13D,14D,15D,16D,17D,18D,19D,20D,21D,22D,23D,24D,25D. The molecule has 0 aliphatic carbocycles. The van der Waals surface area contributed by atoms with Crippen molar-refractivity contribution >= 4 is 112 Å². The number of rotatable bonds is 1. The van der Waals surface area contributed by atoms with Gasteiger partial charge in [-0.15, -0.1) is 0 Å². The Morgan fingerprint density at radius 2 is 1.34 bits per heavy atom. The van der Waals surface area contributed by atoms with Gasteiger partial charge in [-0.3, -0.25) is 0 Å². The molecule has 0 spiro atoms. The van der Waals surface area contributed by atoms with Crippen molar-refractivity contribution in [1.29, 1.82) is 5.26 Å². The zero-order chi connectivity index (χ0) is 56.3. The molecular weight excluding hydrogens is 687 g/mol. The summed E-state index contributed by atoms with van der Waals surface area (Å²) >= 11 is 0. The van der Waals surface area contributed by atoms with Gasteiger partial charge in [-0.25, -0.2) is 0 Å². The average Bonchev–Trinajstić information content (AvgIpc) is 1.85. The van der Waals surface area contributed by atoms with Crippen LogP contribution in [0.2, 0.25) is 0 Å². The summed E-state index contributed by atoms with van der Waals surface area (Å²) in [4.78, 5) is 2.19. The minimum Gasteiger partial charge on any atom is -0.468 e. The third kappa shape index (κ3) is 3.62. The van der Waals surface area contributed by atoms with Crippen molar-refractivity contribution in [2.45, 2.75) is 26.2 Å². The maximum absolute atomic E-state index is 11.1. The zero-order valence-electron chi connectivity index (χ0n) is 51.2. The molecule has 3 aliphatic rings. The summed E-state index contributed by atoms with van der Waals surface area (Å²) in [5, 5.41) is 9.57. The lowest BCUT2D eigenvalue weighted by molar-refractivity contribution is 0.590. The molecule has 0 bridgehead atoms. The monoisotopic (exact) mass is 740 g/mol. The van der Waals surface area contributed by atoms with Gasteiger partial charge >= 0.3 is 0 Å². The third-order valence-electron chi connectivity index (χ3n) is 10.6. The SMILES string of the molecule is [2H]c1c([2H])c2c3c(c1[2H])-n1c4c([2H])c([2H])c([2H])c([2H])c4c4c([2H])c([2H])c([2H])c(c41)N3c1c([2H])c(C#N)c([2H])c3c1B2c1oc2c([2H])c([2H])c(C(C)(C)C)c([2H])c2c1N3c1c([2H])c([2H])c2c(oc3c([2H])c([2H])c([2H])c([2H])c32)c1[2H]. The molecule has 6 nitrogen and oxygen atoms in total. The van der Waals surface area contributed by atoms with E-state index in [1.807, 2.05) is 6.07 Å². The number of nitrogens with zero attached hydrogens (tertiary/aromatic N) is 4. The van der Waals surface area contributed by atoms with Crippen molar-refractivity contribution in [3.63, 3.8) is 0 Å². The van der Waals surface area contributed by atoms with E-state index in [0.29, 0.717) is 0 Å². The van der Waals surface area contributed by atoms with Crippen LogP contribution in [-0.2, 0) is 5.41 Å². The highest BCUT2D eigenvalue weighted by Crippen LogP contribution is 2.53. The van der Waals surface area contributed by atoms with Crippen LogP contribution in [0, 0.1) is 11.3 Å². The second-order valence-electron chi connectivity index (χ2n) is 14.7. The van der Waals surface area contributed by atoms with Gasteiger partial charge in [0.05, 0.1) is 81.2 Å². The number of benzene rings is 7. The van der Waals surface area contributed by atoms with Crippen LogP contribution in [0.3, 0.4) is 0 Å². The fourth-order valence-electron chi connectivity index (χ4n) is 8.33. The van der Waals surface area contributed by atoms with E-state index < -0.39 is 190 Å². The fraction of sp³-hybridized carbons (Fsp3) is 0.0816. The smallest absolute Gasteiger partial charge is 0.297 e. The van der Waals surface area contributed by atoms with E-state index in [-0.39, 0.29) is 77.2 Å². The Kier molecular flexibility index (Phi) is 2.94. The second-order valence-corrected chi connectivity index (χ2v) is 14.7. The Hall–Kier alpha value is -7.17. The number of nitriles is 1. The first kappa shape index (κ1) is 16.3. The van der Waals surface area contributed by atoms with Gasteiger partial charge in [-0.05, 0) is 82.3 Å². The maximum atomic E-state index is 11.1. The van der Waals surface area contributed by atoms with Gasteiger partial charge < -0.3 is 23.2 Å². The number of aromatic nitrogens is 1. The predicted molar refractivity (Wildman–Crippen MR) is 229 cm³/mol. The normalized spacial score (nSPS) is 19.4. The van der Waals surface area contributed by atoms with Crippen molar-refractivity contribution in [3.8, 4) is 11.8 Å². The molecule has 0 amide bonds. The molecule has 0 atom stereocenters. The van der Waals surface area contributed by atoms with Crippen LogP contribution in [-0.4, -0.2) is 11.3 Å². The lowest BCUT2D eigenvalue weighted by Gasteiger charge is -2.44. The number of hydrogen-bond donors (Lipinski definition) is 0. The van der Waals surface area contributed by atoms with Crippen LogP contribution in [0.15, 0.2) is 142 Å². The molecule has 10 aromatic rings. The minimum absolute atomic E-state index is 0.00259. The Morgan fingerprint density at radius 3 is 2.20 bits per heavy atom. The van der Waals surface area contributed by atoms with Crippen LogP contribution < -0.4 is 26.4 Å². The third-order valence-corrected chi connectivity index (χ3v) is 10.6. The number of furan rings is 2. The molecule has 3 aliphatic heterocycles. The van der Waals surface area contributed by atoms with Crippen LogP contribution in [0.4, 0.5) is 34.1 Å². The van der Waals surface area contributed by atoms with E-state index in [2.05, 4.69) is 0 Å². The summed E-state index contributed by atoms with van der Waals surface area (Å²) in [6.45, 7) is 3.32. The second kappa shape index (κ2) is 10.1. The highest BCUT2D eigenvalue weighted by Gasteiger charge is 2.49. The van der Waals surface area contributed by atoms with E-state index in [1.54, 1.807) is 20.8 Å². The lowest BCUT2D eigenvalue weighted by Crippen LogP contribution is -2.61. The molecule has 7 aromatic carbocycles. The van der Waals surface area contributed by atoms with Crippen LogP contribution in [0.5, 0.6) is 0 Å². The van der Waals surface area contributed by atoms with Gasteiger partial charge in [0.2, 0.25) is 0 Å². The van der Waals surface area contributed by atoms with Gasteiger partial charge in [-0.2, -0.15) is 5.26 Å². The highest BCUT2D eigenvalue weighted by atomic mass is 16.3. The van der Waals surface area contributed by atoms with Crippen molar-refractivity contribution in [2.24, 2.45) is 0 Å². The topological polar surface area (TPSA) is 61.5 Å². The van der Waals surface area contributed by atoms with E-state index in [0.717, 1.165) is 14.4 Å². The van der Waals surface area contributed by atoms with Crippen LogP contribution >= 0.6 is 0 Å². The summed E-state index contributed by atoms with van der Waals surface area (Å²) < 4.78 is 219. The Balaban J connectivity index is 1.32. The van der Waals surface area contributed by atoms with Gasteiger partial charge in [0, 0.05) is 50.0 Å². The molecule has 3 aromatic heterocycles. The first-order chi connectivity index (χ1) is 36.6. The summed E-state index contributed by atoms with van der Waals surface area (Å²) in [5.41, 5.74) is -7.69. The Bertz CT molecular complexity index is 4740. The molecule has 7 heteroatoms. The van der Waals surface area contributed by atoms with E-state index in [9.17, 15) is 25.8 Å². The molecule has 6 heterocycles. The summed E-state index contributed by atoms with van der Waals surface area (Å²) in [7, 11) is 0. The summed E-state index contributed by atoms with van der Waals surface area (Å²) in [6, 6.07) is -13.4. The van der Waals surface area contributed by atoms with E-state index in [1.165, 1.54) is 0 Å². The first-order valence-electron chi connectivity index (χ1n) is 28.4. The number of hydrogen-bond acceptors (Lipinski definition) is 5. The lowest BCUT2D eigenvalue weighted by atomic mass is 9.35. The van der Waals surface area contributed by atoms with Gasteiger partial charge in [-0.1, -0.05) is 87.2 Å². The van der Waals surface area contributed by atoms with Gasteiger partial charge in [0.15, 0.2) is 0 Å². The van der Waals surface area contributed by atoms with Crippen molar-refractivity contribution in [2.75, 3.05) is 9.80 Å². The molecule has 0 N–H and O–H groups in total. The largest absolute Gasteiger partial charge is 0.468 e. The van der Waals surface area contributed by atoms with Crippen LogP contribution in [0.1, 0.15) is 62.1 Å². The molecular formula is C49H31BN4O2. The molecule has 0 fully saturated rings. The summed E-state index contributed by atoms with van der Waals surface area (Å²) in [6.07, 6.45) is 0. The molecule has 13 rings (SSSR count). The maximum Gasteiger partial charge on any atom is 0.297 e. The van der Waals surface area contributed by atoms with Crippen LogP contribution in [0.25, 0.3) is 60.4 Å². The number of para-hydroxylation sites is 4. The molecule has 56 heavy (non-hydrogen) atoms. The summed E-state index contributed by atoms with van der Waals surface area (Å²) in [5.74, 6) is 0. The van der Waals surface area contributed by atoms with Crippen molar-refractivity contribution < 1.29 is 39.0 Å². The highest BCUT2D eigenvalue weighted by molar-refractivity contribution is 7.00. The van der Waals surface area contributed by atoms with Gasteiger partial charge in [0.1, 0.15) is 16.7 Å². The van der Waals surface area contributed by atoms with Crippen molar-refractivity contribution in [1.82, 2.24) is 4.57 Å². The first-order valence-corrected chi connectivity index (χ1v) is 17.4. The number of fused-ring (bicyclic) bond motifs is 14. The molecule has 0 radical (unpaired) electrons. The zero-order valence-corrected chi connectivity index (χ0v) is 29.2. The molecule has 0 saturated carbocycles. The average molecular weight is 741 g/mol. The predicted octanol–water partition coefficient (Wildman–Crippen LogP) is 11.0. The van der Waals surface area contributed by atoms with Crippen molar-refractivity contribution in [3.05, 3.63) is 144 Å². The quantitative estimate of drug-likeness (QED) is 0.157. The van der Waals surface area contributed by atoms with E-state index in [4.69, 9.17) is 18.4 Å². The number of anilines is 6.